The lowest BCUT2D eigenvalue weighted by Gasteiger charge is -2.09. The first-order chi connectivity index (χ1) is 13.8. The molecule has 0 radical (unpaired) electrons. The number of carbonyl (C=O) groups excluding carboxylic acids is 1. The number of carbonyl (C=O) groups is 1. The first-order valence-electron chi connectivity index (χ1n) is 8.84. The number of fused-ring (bicyclic) bond motifs is 2. The standard InChI is InChI=1S/C22H15N5O/c28-22(19-13-23-17-9-3-4-10-18(17)24-19)26-16-8-2-1-7-15(16)20-14-27-12-6-5-11-21(27)25-20/h1-14H,(H,26,28). The fraction of sp³-hybridized carbons (Fsp3) is 0. The quantitative estimate of drug-likeness (QED) is 0.520. The largest absolute Gasteiger partial charge is 0.320 e. The lowest BCUT2D eigenvalue weighted by atomic mass is 10.1. The van der Waals surface area contributed by atoms with Crippen LogP contribution < -0.4 is 5.32 Å². The Balaban J connectivity index is 1.50. The average molecular weight is 365 g/mol. The molecule has 0 spiro atoms. The zero-order chi connectivity index (χ0) is 18.9. The van der Waals surface area contributed by atoms with Crippen molar-refractivity contribution in [2.75, 3.05) is 5.32 Å². The number of hydrogen-bond acceptors (Lipinski definition) is 4. The maximum atomic E-state index is 12.8. The molecule has 1 N–H and O–H groups in total. The molecule has 6 nitrogen and oxygen atoms in total. The van der Waals surface area contributed by atoms with Gasteiger partial charge in [0.05, 0.1) is 28.6 Å². The van der Waals surface area contributed by atoms with Gasteiger partial charge in [-0.15, -0.1) is 0 Å². The van der Waals surface area contributed by atoms with E-state index in [-0.39, 0.29) is 11.6 Å². The zero-order valence-electron chi connectivity index (χ0n) is 14.8. The molecule has 28 heavy (non-hydrogen) atoms. The van der Waals surface area contributed by atoms with Gasteiger partial charge in [0, 0.05) is 18.0 Å². The van der Waals surface area contributed by atoms with Crippen molar-refractivity contribution >= 4 is 28.3 Å². The van der Waals surface area contributed by atoms with E-state index in [2.05, 4.69) is 20.3 Å². The summed E-state index contributed by atoms with van der Waals surface area (Å²) < 4.78 is 1.95. The fourth-order valence-corrected chi connectivity index (χ4v) is 3.13. The summed E-state index contributed by atoms with van der Waals surface area (Å²) in [4.78, 5) is 26.2. The summed E-state index contributed by atoms with van der Waals surface area (Å²) in [7, 11) is 0. The Hall–Kier alpha value is -4.06. The lowest BCUT2D eigenvalue weighted by Crippen LogP contribution is -2.14. The van der Waals surface area contributed by atoms with E-state index >= 15 is 0 Å². The summed E-state index contributed by atoms with van der Waals surface area (Å²) >= 11 is 0. The molecule has 6 heteroatoms. The number of rotatable bonds is 3. The predicted octanol–water partition coefficient (Wildman–Crippen LogP) is 4.20. The Kier molecular flexibility index (Phi) is 3.80. The van der Waals surface area contributed by atoms with Crippen molar-refractivity contribution in [1.82, 2.24) is 19.4 Å². The van der Waals surface area contributed by atoms with Gasteiger partial charge in [0.1, 0.15) is 11.3 Å². The molecule has 0 atom stereocenters. The van der Waals surface area contributed by atoms with Crippen molar-refractivity contribution in [1.29, 1.82) is 0 Å². The molecule has 0 aliphatic heterocycles. The van der Waals surface area contributed by atoms with Crippen LogP contribution in [0, 0.1) is 0 Å². The summed E-state index contributed by atoms with van der Waals surface area (Å²) in [5, 5.41) is 2.94. The van der Waals surface area contributed by atoms with Crippen LogP contribution >= 0.6 is 0 Å². The van der Waals surface area contributed by atoms with Crippen LogP contribution in [0.3, 0.4) is 0 Å². The number of anilines is 1. The maximum Gasteiger partial charge on any atom is 0.275 e. The second-order valence-corrected chi connectivity index (χ2v) is 6.34. The number of pyridine rings is 1. The first-order valence-corrected chi connectivity index (χ1v) is 8.84. The summed E-state index contributed by atoms with van der Waals surface area (Å²) in [6.45, 7) is 0. The molecule has 3 aromatic heterocycles. The van der Waals surface area contributed by atoms with E-state index in [0.29, 0.717) is 11.2 Å². The molecule has 134 valence electrons. The highest BCUT2D eigenvalue weighted by molar-refractivity contribution is 6.05. The zero-order valence-corrected chi connectivity index (χ0v) is 14.8. The van der Waals surface area contributed by atoms with Gasteiger partial charge in [0.15, 0.2) is 0 Å². The van der Waals surface area contributed by atoms with Crippen molar-refractivity contribution in [2.45, 2.75) is 0 Å². The average Bonchev–Trinajstić information content (AvgIpc) is 3.18. The minimum atomic E-state index is -0.311. The molecule has 0 bridgehead atoms. The fourth-order valence-electron chi connectivity index (χ4n) is 3.13. The molecule has 3 heterocycles. The van der Waals surface area contributed by atoms with Gasteiger partial charge in [0.25, 0.3) is 5.91 Å². The van der Waals surface area contributed by atoms with Gasteiger partial charge in [-0.25, -0.2) is 9.97 Å². The topological polar surface area (TPSA) is 72.2 Å². The third-order valence-electron chi connectivity index (χ3n) is 4.50. The normalized spacial score (nSPS) is 11.0. The highest BCUT2D eigenvalue weighted by Crippen LogP contribution is 2.27. The minimum Gasteiger partial charge on any atom is -0.320 e. The van der Waals surface area contributed by atoms with Gasteiger partial charge < -0.3 is 9.72 Å². The van der Waals surface area contributed by atoms with Crippen LogP contribution in [-0.2, 0) is 0 Å². The number of para-hydroxylation sites is 3. The van der Waals surface area contributed by atoms with E-state index in [0.717, 1.165) is 22.4 Å². The Bertz CT molecular complexity index is 1290. The molecule has 0 fully saturated rings. The van der Waals surface area contributed by atoms with Crippen LogP contribution in [0.1, 0.15) is 10.5 Å². The van der Waals surface area contributed by atoms with Gasteiger partial charge in [-0.1, -0.05) is 36.4 Å². The molecular formula is C22H15N5O. The molecule has 0 saturated carbocycles. The van der Waals surface area contributed by atoms with E-state index in [4.69, 9.17) is 0 Å². The summed E-state index contributed by atoms with van der Waals surface area (Å²) in [5.41, 5.74) is 4.85. The van der Waals surface area contributed by atoms with Crippen LogP contribution in [0.15, 0.2) is 85.3 Å². The molecule has 0 unspecified atom stereocenters. The highest BCUT2D eigenvalue weighted by atomic mass is 16.1. The van der Waals surface area contributed by atoms with Gasteiger partial charge in [-0.05, 0) is 30.3 Å². The Morgan fingerprint density at radius 2 is 1.64 bits per heavy atom. The predicted molar refractivity (Wildman–Crippen MR) is 108 cm³/mol. The summed E-state index contributed by atoms with van der Waals surface area (Å²) in [6, 6.07) is 20.9. The molecule has 0 aliphatic rings. The third kappa shape index (κ3) is 2.87. The monoisotopic (exact) mass is 365 g/mol. The van der Waals surface area contributed by atoms with Crippen molar-refractivity contribution < 1.29 is 4.79 Å². The van der Waals surface area contributed by atoms with Gasteiger partial charge in [-0.3, -0.25) is 9.78 Å². The van der Waals surface area contributed by atoms with Gasteiger partial charge >= 0.3 is 0 Å². The Morgan fingerprint density at radius 1 is 0.857 bits per heavy atom. The third-order valence-corrected chi connectivity index (χ3v) is 4.50. The van der Waals surface area contributed by atoms with E-state index in [1.54, 1.807) is 0 Å². The van der Waals surface area contributed by atoms with Crippen LogP contribution in [0.2, 0.25) is 0 Å². The number of nitrogens with zero attached hydrogens (tertiary/aromatic N) is 4. The van der Waals surface area contributed by atoms with Gasteiger partial charge in [0.2, 0.25) is 0 Å². The maximum absolute atomic E-state index is 12.8. The Morgan fingerprint density at radius 3 is 2.54 bits per heavy atom. The first kappa shape index (κ1) is 16.1. The van der Waals surface area contributed by atoms with E-state index in [1.165, 1.54) is 6.20 Å². The second-order valence-electron chi connectivity index (χ2n) is 6.34. The van der Waals surface area contributed by atoms with E-state index in [1.807, 2.05) is 83.5 Å². The molecule has 1 amide bonds. The molecular weight excluding hydrogens is 350 g/mol. The van der Waals surface area contributed by atoms with Crippen LogP contribution in [0.5, 0.6) is 0 Å². The number of aromatic nitrogens is 4. The smallest absolute Gasteiger partial charge is 0.275 e. The van der Waals surface area contributed by atoms with E-state index in [9.17, 15) is 4.79 Å². The Labute approximate surface area is 160 Å². The summed E-state index contributed by atoms with van der Waals surface area (Å²) in [5.74, 6) is -0.311. The molecule has 5 aromatic rings. The number of hydrogen-bond donors (Lipinski definition) is 1. The van der Waals surface area contributed by atoms with Crippen molar-refractivity contribution in [3.63, 3.8) is 0 Å². The summed E-state index contributed by atoms with van der Waals surface area (Å²) in [6.07, 6.45) is 5.37. The van der Waals surface area contributed by atoms with Crippen molar-refractivity contribution in [3.05, 3.63) is 91.0 Å². The number of nitrogens with one attached hydrogen (secondary N) is 1. The van der Waals surface area contributed by atoms with Crippen molar-refractivity contribution in [3.8, 4) is 11.3 Å². The lowest BCUT2D eigenvalue weighted by molar-refractivity contribution is 0.102. The van der Waals surface area contributed by atoms with Crippen molar-refractivity contribution in [2.24, 2.45) is 0 Å². The number of amides is 1. The molecule has 0 saturated heterocycles. The van der Waals surface area contributed by atoms with Crippen LogP contribution in [0.25, 0.3) is 27.9 Å². The highest BCUT2D eigenvalue weighted by Gasteiger charge is 2.14. The number of benzene rings is 2. The molecule has 5 rings (SSSR count). The SMILES string of the molecule is O=C(Nc1ccccc1-c1cn2ccccc2n1)c1cnc2ccccc2n1. The minimum absolute atomic E-state index is 0.267. The van der Waals surface area contributed by atoms with Crippen LogP contribution in [-0.4, -0.2) is 25.3 Å². The number of imidazole rings is 1. The van der Waals surface area contributed by atoms with E-state index < -0.39 is 0 Å². The second kappa shape index (κ2) is 6.59. The van der Waals surface area contributed by atoms with Crippen LogP contribution in [0.4, 0.5) is 5.69 Å². The van der Waals surface area contributed by atoms with Gasteiger partial charge in [-0.2, -0.15) is 0 Å². The molecule has 2 aromatic carbocycles. The molecule has 0 aliphatic carbocycles.